The SMILES string of the molecule is Cc1nc(CC(F)(F)C(=O)O)cn1C. The first kappa shape index (κ1) is 10.6. The zero-order valence-corrected chi connectivity index (χ0v) is 7.79. The molecule has 0 aromatic carbocycles. The first-order valence-corrected chi connectivity index (χ1v) is 3.93. The van der Waals surface area contributed by atoms with Crippen LogP contribution in [-0.4, -0.2) is 26.5 Å². The number of rotatable bonds is 3. The Balaban J connectivity index is 2.84. The number of aromatic nitrogens is 2. The summed E-state index contributed by atoms with van der Waals surface area (Å²) in [6.45, 7) is 1.66. The highest BCUT2D eigenvalue weighted by atomic mass is 19.3. The summed E-state index contributed by atoms with van der Waals surface area (Å²) in [6, 6.07) is 0. The molecule has 78 valence electrons. The van der Waals surface area contributed by atoms with Gasteiger partial charge in [-0.15, -0.1) is 0 Å². The Morgan fingerprint density at radius 2 is 2.29 bits per heavy atom. The van der Waals surface area contributed by atoms with Crippen LogP contribution in [0.3, 0.4) is 0 Å². The highest BCUT2D eigenvalue weighted by Gasteiger charge is 2.39. The van der Waals surface area contributed by atoms with Crippen molar-refractivity contribution in [3.8, 4) is 0 Å². The monoisotopic (exact) mass is 204 g/mol. The van der Waals surface area contributed by atoms with Crippen LogP contribution >= 0.6 is 0 Å². The van der Waals surface area contributed by atoms with Gasteiger partial charge < -0.3 is 9.67 Å². The molecule has 0 aliphatic rings. The molecule has 0 saturated heterocycles. The molecule has 1 rings (SSSR count). The molecule has 0 radical (unpaired) electrons. The van der Waals surface area contributed by atoms with E-state index in [0.717, 1.165) is 0 Å². The second-order valence-electron chi connectivity index (χ2n) is 3.08. The molecule has 0 aliphatic carbocycles. The summed E-state index contributed by atoms with van der Waals surface area (Å²) in [5, 5.41) is 8.19. The molecule has 6 heteroatoms. The highest BCUT2D eigenvalue weighted by molar-refractivity contribution is 5.75. The molecule has 0 atom stereocenters. The number of alkyl halides is 2. The number of aryl methyl sites for hydroxylation is 2. The summed E-state index contributed by atoms with van der Waals surface area (Å²) in [5.74, 6) is -5.30. The van der Waals surface area contributed by atoms with E-state index in [0.29, 0.717) is 5.82 Å². The third-order valence-corrected chi connectivity index (χ3v) is 1.87. The van der Waals surface area contributed by atoms with Gasteiger partial charge in [-0.1, -0.05) is 0 Å². The largest absolute Gasteiger partial charge is 0.477 e. The van der Waals surface area contributed by atoms with Crippen molar-refractivity contribution in [1.29, 1.82) is 0 Å². The van der Waals surface area contributed by atoms with Crippen LogP contribution in [0.25, 0.3) is 0 Å². The number of hydrogen-bond donors (Lipinski definition) is 1. The number of imidazole rings is 1. The summed E-state index contributed by atoms with van der Waals surface area (Å²) >= 11 is 0. The molecular formula is C8H10F2N2O2. The number of nitrogens with zero attached hydrogens (tertiary/aromatic N) is 2. The zero-order valence-electron chi connectivity index (χ0n) is 7.79. The van der Waals surface area contributed by atoms with Gasteiger partial charge in [0, 0.05) is 13.2 Å². The van der Waals surface area contributed by atoms with Crippen molar-refractivity contribution in [2.45, 2.75) is 19.3 Å². The van der Waals surface area contributed by atoms with Gasteiger partial charge in [0.25, 0.3) is 0 Å². The summed E-state index contributed by atoms with van der Waals surface area (Å²) in [4.78, 5) is 13.9. The minimum Gasteiger partial charge on any atom is -0.477 e. The average Bonchev–Trinajstić information content (AvgIpc) is 2.29. The van der Waals surface area contributed by atoms with Crippen LogP contribution in [0.5, 0.6) is 0 Å². The van der Waals surface area contributed by atoms with Crippen molar-refractivity contribution in [3.63, 3.8) is 0 Å². The molecule has 0 fully saturated rings. The number of carboxylic acid groups (broad SMARTS) is 1. The lowest BCUT2D eigenvalue weighted by Gasteiger charge is -2.07. The highest BCUT2D eigenvalue weighted by Crippen LogP contribution is 2.19. The summed E-state index contributed by atoms with van der Waals surface area (Å²) in [7, 11) is 1.66. The van der Waals surface area contributed by atoms with Gasteiger partial charge in [-0.3, -0.25) is 0 Å². The Morgan fingerprint density at radius 1 is 1.71 bits per heavy atom. The number of aliphatic carboxylic acids is 1. The molecule has 1 heterocycles. The normalized spacial score (nSPS) is 11.7. The fourth-order valence-electron chi connectivity index (χ4n) is 1.02. The summed E-state index contributed by atoms with van der Waals surface area (Å²) in [5.41, 5.74) is 0.0809. The summed E-state index contributed by atoms with van der Waals surface area (Å²) in [6.07, 6.45) is 0.524. The fourth-order valence-corrected chi connectivity index (χ4v) is 1.02. The lowest BCUT2D eigenvalue weighted by Crippen LogP contribution is -2.30. The Labute approximate surface area is 79.2 Å². The van der Waals surface area contributed by atoms with Crippen LogP contribution in [0.1, 0.15) is 11.5 Å². The summed E-state index contributed by atoms with van der Waals surface area (Å²) < 4.78 is 27.0. The van der Waals surface area contributed by atoms with E-state index in [1.165, 1.54) is 6.20 Å². The van der Waals surface area contributed by atoms with Gasteiger partial charge in [0.15, 0.2) is 0 Å². The maximum absolute atomic E-state index is 12.7. The van der Waals surface area contributed by atoms with Crippen molar-refractivity contribution >= 4 is 5.97 Å². The molecule has 1 aromatic rings. The molecular weight excluding hydrogens is 194 g/mol. The van der Waals surface area contributed by atoms with Crippen LogP contribution < -0.4 is 0 Å². The average molecular weight is 204 g/mol. The second-order valence-corrected chi connectivity index (χ2v) is 3.08. The van der Waals surface area contributed by atoms with Crippen LogP contribution in [-0.2, 0) is 18.3 Å². The molecule has 1 N–H and O–H groups in total. The Hall–Kier alpha value is -1.46. The molecule has 0 spiro atoms. The zero-order chi connectivity index (χ0) is 10.9. The van der Waals surface area contributed by atoms with E-state index in [2.05, 4.69) is 4.98 Å². The smallest absolute Gasteiger partial charge is 0.374 e. The number of carboxylic acids is 1. The van der Waals surface area contributed by atoms with Gasteiger partial charge in [-0.25, -0.2) is 9.78 Å². The van der Waals surface area contributed by atoms with E-state index in [4.69, 9.17) is 5.11 Å². The first-order chi connectivity index (χ1) is 6.33. The van der Waals surface area contributed by atoms with Gasteiger partial charge >= 0.3 is 11.9 Å². The Bertz CT molecular complexity index is 341. The van der Waals surface area contributed by atoms with Gasteiger partial charge in [0.1, 0.15) is 5.82 Å². The fraction of sp³-hybridized carbons (Fsp3) is 0.500. The van der Waals surface area contributed by atoms with Crippen LogP contribution in [0.2, 0.25) is 0 Å². The van der Waals surface area contributed by atoms with E-state index in [1.807, 2.05) is 0 Å². The van der Waals surface area contributed by atoms with Gasteiger partial charge in [-0.05, 0) is 6.92 Å². The molecule has 0 bridgehead atoms. The molecule has 0 amide bonds. The van der Waals surface area contributed by atoms with Crippen LogP contribution in [0.15, 0.2) is 6.20 Å². The van der Waals surface area contributed by atoms with Crippen molar-refractivity contribution in [1.82, 2.24) is 9.55 Å². The number of hydrogen-bond acceptors (Lipinski definition) is 2. The predicted molar refractivity (Wildman–Crippen MR) is 44.2 cm³/mol. The molecule has 0 saturated carbocycles. The number of halogens is 2. The second kappa shape index (κ2) is 3.36. The molecule has 14 heavy (non-hydrogen) atoms. The van der Waals surface area contributed by atoms with Crippen molar-refractivity contribution in [2.24, 2.45) is 7.05 Å². The van der Waals surface area contributed by atoms with E-state index in [1.54, 1.807) is 18.5 Å². The van der Waals surface area contributed by atoms with E-state index in [9.17, 15) is 13.6 Å². The maximum atomic E-state index is 12.7. The maximum Gasteiger partial charge on any atom is 0.374 e. The Morgan fingerprint density at radius 3 is 2.64 bits per heavy atom. The van der Waals surface area contributed by atoms with E-state index < -0.39 is 18.3 Å². The molecule has 4 nitrogen and oxygen atoms in total. The van der Waals surface area contributed by atoms with Gasteiger partial charge in [0.05, 0.1) is 12.1 Å². The predicted octanol–water partition coefficient (Wildman–Crippen LogP) is 0.991. The quantitative estimate of drug-likeness (QED) is 0.798. The van der Waals surface area contributed by atoms with Crippen molar-refractivity contribution in [2.75, 3.05) is 0 Å². The third-order valence-electron chi connectivity index (χ3n) is 1.87. The molecule has 1 aromatic heterocycles. The lowest BCUT2D eigenvalue weighted by atomic mass is 10.2. The van der Waals surface area contributed by atoms with Crippen LogP contribution in [0.4, 0.5) is 8.78 Å². The minimum absolute atomic E-state index is 0.0809. The van der Waals surface area contributed by atoms with Crippen molar-refractivity contribution in [3.05, 3.63) is 17.7 Å². The molecule has 0 aliphatic heterocycles. The molecule has 0 unspecified atom stereocenters. The Kier molecular flexibility index (Phi) is 2.55. The lowest BCUT2D eigenvalue weighted by molar-refractivity contribution is -0.164. The van der Waals surface area contributed by atoms with E-state index >= 15 is 0 Å². The van der Waals surface area contributed by atoms with Crippen molar-refractivity contribution < 1.29 is 18.7 Å². The van der Waals surface area contributed by atoms with Gasteiger partial charge in [-0.2, -0.15) is 8.78 Å². The third kappa shape index (κ3) is 2.07. The first-order valence-electron chi connectivity index (χ1n) is 3.93. The standard InChI is InChI=1S/C8H10F2N2O2/c1-5-11-6(4-12(5)2)3-8(9,10)7(13)14/h4H,3H2,1-2H3,(H,13,14). The minimum atomic E-state index is -3.75. The topological polar surface area (TPSA) is 55.1 Å². The van der Waals surface area contributed by atoms with Crippen LogP contribution in [0, 0.1) is 6.92 Å². The number of carbonyl (C=O) groups is 1. The van der Waals surface area contributed by atoms with E-state index in [-0.39, 0.29) is 5.69 Å². The van der Waals surface area contributed by atoms with Gasteiger partial charge in [0.2, 0.25) is 0 Å².